The minimum Gasteiger partial charge on any atom is -0.497 e. The molecule has 0 saturated carbocycles. The zero-order valence-electron chi connectivity index (χ0n) is 17.8. The van der Waals surface area contributed by atoms with E-state index in [4.69, 9.17) is 9.47 Å². The van der Waals surface area contributed by atoms with Crippen molar-refractivity contribution in [2.45, 2.75) is 6.92 Å². The van der Waals surface area contributed by atoms with E-state index < -0.39 is 17.6 Å². The SMILES string of the molecule is COc1cc(OC)cc(C(=O)N/N=C(/C)c2cccc(NC(=O)c3cccc(F)c3)c2)c1. The zero-order valence-corrected chi connectivity index (χ0v) is 17.8. The molecule has 0 bridgehead atoms. The summed E-state index contributed by atoms with van der Waals surface area (Å²) in [6.07, 6.45) is 0. The van der Waals surface area contributed by atoms with E-state index in [0.29, 0.717) is 34.0 Å². The predicted octanol–water partition coefficient (Wildman–Crippen LogP) is 4.25. The summed E-state index contributed by atoms with van der Waals surface area (Å²) < 4.78 is 23.7. The molecule has 0 saturated heterocycles. The van der Waals surface area contributed by atoms with Gasteiger partial charge in [0.15, 0.2) is 0 Å². The highest BCUT2D eigenvalue weighted by Crippen LogP contribution is 2.22. The third-order valence-corrected chi connectivity index (χ3v) is 4.56. The number of benzene rings is 3. The molecular formula is C24H22FN3O4. The van der Waals surface area contributed by atoms with Gasteiger partial charge in [-0.1, -0.05) is 18.2 Å². The summed E-state index contributed by atoms with van der Waals surface area (Å²) in [5.74, 6) is -0.388. The molecule has 3 aromatic rings. The van der Waals surface area contributed by atoms with Gasteiger partial charge in [0.2, 0.25) is 0 Å². The van der Waals surface area contributed by atoms with Crippen LogP contribution in [-0.2, 0) is 0 Å². The van der Waals surface area contributed by atoms with Crippen LogP contribution in [0.1, 0.15) is 33.2 Å². The Labute approximate surface area is 184 Å². The van der Waals surface area contributed by atoms with Gasteiger partial charge in [-0.15, -0.1) is 0 Å². The van der Waals surface area contributed by atoms with Gasteiger partial charge in [0.05, 0.1) is 19.9 Å². The molecule has 2 amide bonds. The maximum absolute atomic E-state index is 13.3. The number of amides is 2. The van der Waals surface area contributed by atoms with Gasteiger partial charge in [-0.05, 0) is 55.0 Å². The molecule has 0 heterocycles. The number of ether oxygens (including phenoxy) is 2. The summed E-state index contributed by atoms with van der Waals surface area (Å²) in [6, 6.07) is 17.2. The smallest absolute Gasteiger partial charge is 0.271 e. The Hall–Kier alpha value is -4.20. The average Bonchev–Trinajstić information content (AvgIpc) is 2.82. The first-order valence-electron chi connectivity index (χ1n) is 9.64. The summed E-state index contributed by atoms with van der Waals surface area (Å²) in [7, 11) is 3.00. The number of hydrogen-bond donors (Lipinski definition) is 2. The van der Waals surface area contributed by atoms with Crippen LogP contribution in [0.4, 0.5) is 10.1 Å². The standard InChI is InChI=1S/C24H22FN3O4/c1-15(27-28-24(30)18-12-21(31-2)14-22(13-18)32-3)16-6-5-9-20(11-16)26-23(29)17-7-4-8-19(25)10-17/h4-14H,1-3H3,(H,26,29)(H,28,30)/b27-15-. The normalized spacial score (nSPS) is 10.9. The molecule has 0 fully saturated rings. The summed E-state index contributed by atoms with van der Waals surface area (Å²) in [6.45, 7) is 1.72. The van der Waals surface area contributed by atoms with Crippen molar-refractivity contribution in [1.82, 2.24) is 5.43 Å². The van der Waals surface area contributed by atoms with E-state index in [1.54, 1.807) is 49.4 Å². The summed E-state index contributed by atoms with van der Waals surface area (Å²) in [5, 5.41) is 6.87. The second kappa shape index (κ2) is 10.2. The van der Waals surface area contributed by atoms with Crippen LogP contribution in [0.25, 0.3) is 0 Å². The van der Waals surface area contributed by atoms with Gasteiger partial charge in [0, 0.05) is 22.9 Å². The van der Waals surface area contributed by atoms with Crippen molar-refractivity contribution in [3.63, 3.8) is 0 Å². The molecule has 0 aliphatic rings. The predicted molar refractivity (Wildman–Crippen MR) is 120 cm³/mol. The quantitative estimate of drug-likeness (QED) is 0.429. The van der Waals surface area contributed by atoms with Gasteiger partial charge in [0.1, 0.15) is 17.3 Å². The molecule has 0 aromatic heterocycles. The highest BCUT2D eigenvalue weighted by molar-refractivity contribution is 6.06. The van der Waals surface area contributed by atoms with E-state index in [0.717, 1.165) is 6.07 Å². The molecule has 0 unspecified atom stereocenters. The van der Waals surface area contributed by atoms with Crippen molar-refractivity contribution < 1.29 is 23.5 Å². The van der Waals surface area contributed by atoms with E-state index >= 15 is 0 Å². The molecule has 7 nitrogen and oxygen atoms in total. The summed E-state index contributed by atoms with van der Waals surface area (Å²) in [5.41, 5.74) is 4.76. The third kappa shape index (κ3) is 5.69. The van der Waals surface area contributed by atoms with Crippen LogP contribution in [0.5, 0.6) is 11.5 Å². The zero-order chi connectivity index (χ0) is 23.1. The van der Waals surface area contributed by atoms with E-state index in [2.05, 4.69) is 15.8 Å². The lowest BCUT2D eigenvalue weighted by Crippen LogP contribution is -2.19. The summed E-state index contributed by atoms with van der Waals surface area (Å²) in [4.78, 5) is 24.8. The van der Waals surface area contributed by atoms with Crippen LogP contribution in [0.2, 0.25) is 0 Å². The molecule has 0 atom stereocenters. The molecule has 164 valence electrons. The second-order valence-electron chi connectivity index (χ2n) is 6.78. The van der Waals surface area contributed by atoms with E-state index in [9.17, 15) is 14.0 Å². The fourth-order valence-electron chi connectivity index (χ4n) is 2.86. The van der Waals surface area contributed by atoms with E-state index in [1.165, 1.54) is 32.4 Å². The lowest BCUT2D eigenvalue weighted by molar-refractivity contribution is 0.0953. The van der Waals surface area contributed by atoms with Crippen LogP contribution >= 0.6 is 0 Å². The number of hydrogen-bond acceptors (Lipinski definition) is 5. The number of nitrogens with zero attached hydrogens (tertiary/aromatic N) is 1. The molecule has 3 aromatic carbocycles. The minimum absolute atomic E-state index is 0.210. The second-order valence-corrected chi connectivity index (χ2v) is 6.78. The topological polar surface area (TPSA) is 89.0 Å². The summed E-state index contributed by atoms with van der Waals surface area (Å²) >= 11 is 0. The first kappa shape index (κ1) is 22.5. The maximum atomic E-state index is 13.3. The molecule has 32 heavy (non-hydrogen) atoms. The van der Waals surface area contributed by atoms with E-state index in [-0.39, 0.29) is 5.56 Å². The Balaban J connectivity index is 1.72. The van der Waals surface area contributed by atoms with Crippen molar-refractivity contribution in [3.8, 4) is 11.5 Å². The van der Waals surface area contributed by atoms with Gasteiger partial charge in [-0.3, -0.25) is 9.59 Å². The molecule has 2 N–H and O–H groups in total. The monoisotopic (exact) mass is 435 g/mol. The van der Waals surface area contributed by atoms with Crippen molar-refractivity contribution in [2.75, 3.05) is 19.5 Å². The van der Waals surface area contributed by atoms with Crippen LogP contribution in [0, 0.1) is 5.82 Å². The van der Waals surface area contributed by atoms with Gasteiger partial charge >= 0.3 is 0 Å². The molecule has 0 aliphatic carbocycles. The number of hydrazone groups is 1. The molecular weight excluding hydrogens is 413 g/mol. The minimum atomic E-state index is -0.487. The van der Waals surface area contributed by atoms with Crippen LogP contribution in [-0.4, -0.2) is 31.7 Å². The Bertz CT molecular complexity index is 1160. The Morgan fingerprint density at radius 3 is 2.12 bits per heavy atom. The Kier molecular flexibility index (Phi) is 7.17. The Morgan fingerprint density at radius 2 is 1.47 bits per heavy atom. The number of nitrogens with one attached hydrogen (secondary N) is 2. The van der Waals surface area contributed by atoms with Crippen LogP contribution in [0.15, 0.2) is 71.8 Å². The molecule has 0 radical (unpaired) electrons. The number of carbonyl (C=O) groups is 2. The number of halogens is 1. The van der Waals surface area contributed by atoms with Crippen molar-refractivity contribution in [1.29, 1.82) is 0 Å². The van der Waals surface area contributed by atoms with Gasteiger partial charge in [-0.2, -0.15) is 5.10 Å². The number of methoxy groups -OCH3 is 2. The maximum Gasteiger partial charge on any atom is 0.271 e. The molecule has 8 heteroatoms. The third-order valence-electron chi connectivity index (χ3n) is 4.56. The molecule has 0 spiro atoms. The lowest BCUT2D eigenvalue weighted by atomic mass is 10.1. The Morgan fingerprint density at radius 1 is 0.812 bits per heavy atom. The number of anilines is 1. The first-order valence-corrected chi connectivity index (χ1v) is 9.64. The van der Waals surface area contributed by atoms with Crippen LogP contribution in [0.3, 0.4) is 0 Å². The van der Waals surface area contributed by atoms with Crippen molar-refractivity contribution in [2.24, 2.45) is 5.10 Å². The van der Waals surface area contributed by atoms with Gasteiger partial charge in [-0.25, -0.2) is 9.82 Å². The first-order chi connectivity index (χ1) is 15.4. The highest BCUT2D eigenvalue weighted by atomic mass is 19.1. The number of carbonyl (C=O) groups excluding carboxylic acids is 2. The van der Waals surface area contributed by atoms with Crippen LogP contribution < -0.4 is 20.2 Å². The van der Waals surface area contributed by atoms with Crippen molar-refractivity contribution in [3.05, 3.63) is 89.2 Å². The lowest BCUT2D eigenvalue weighted by Gasteiger charge is -2.09. The van der Waals surface area contributed by atoms with Gasteiger partial charge in [0.25, 0.3) is 11.8 Å². The molecule has 0 aliphatic heterocycles. The van der Waals surface area contributed by atoms with E-state index in [1.807, 2.05) is 0 Å². The molecule has 3 rings (SSSR count). The highest BCUT2D eigenvalue weighted by Gasteiger charge is 2.11. The van der Waals surface area contributed by atoms with Gasteiger partial charge < -0.3 is 14.8 Å². The fraction of sp³-hybridized carbons (Fsp3) is 0.125. The fourth-order valence-corrected chi connectivity index (χ4v) is 2.86. The van der Waals surface area contributed by atoms with Crippen molar-refractivity contribution >= 4 is 23.2 Å². The number of rotatable bonds is 7. The average molecular weight is 435 g/mol. The largest absolute Gasteiger partial charge is 0.497 e.